The molecule has 3 N–H and O–H groups in total. The Balaban J connectivity index is 1.36. The van der Waals surface area contributed by atoms with Crippen molar-refractivity contribution in [3.8, 4) is 0 Å². The van der Waals surface area contributed by atoms with E-state index in [1.54, 1.807) is 0 Å². The molecule has 0 amide bonds. The number of nitrogens with zero attached hydrogens (tertiary/aromatic N) is 1. The first-order chi connectivity index (χ1) is 17.3. The van der Waals surface area contributed by atoms with Crippen LogP contribution in [0.5, 0.6) is 0 Å². The maximum atomic E-state index is 10.9. The minimum Gasteiger partial charge on any atom is -0.398 e. The van der Waals surface area contributed by atoms with Gasteiger partial charge in [-0.15, -0.1) is 0 Å². The molecule has 3 nitrogen and oxygen atoms in total. The van der Waals surface area contributed by atoms with E-state index in [1.807, 2.05) is 6.07 Å². The van der Waals surface area contributed by atoms with Crippen LogP contribution in [-0.2, 0) is 18.4 Å². The lowest BCUT2D eigenvalue weighted by Gasteiger charge is -2.39. The van der Waals surface area contributed by atoms with Crippen molar-refractivity contribution in [3.63, 3.8) is 0 Å². The summed E-state index contributed by atoms with van der Waals surface area (Å²) < 4.78 is 0. The molecule has 0 aliphatic heterocycles. The van der Waals surface area contributed by atoms with E-state index in [0.717, 1.165) is 43.6 Å². The average molecular weight is 485 g/mol. The van der Waals surface area contributed by atoms with E-state index in [0.29, 0.717) is 12.3 Å². The van der Waals surface area contributed by atoms with E-state index in [2.05, 4.69) is 93.4 Å². The SMILES string of the molecule is CCN(C)Cc1cccc(CCC(O)c2ccc(C3CCC(C)(c4ccccc4C)CC3)c(N)c2)c1. The van der Waals surface area contributed by atoms with Gasteiger partial charge >= 0.3 is 0 Å². The minimum atomic E-state index is -0.501. The van der Waals surface area contributed by atoms with Crippen molar-refractivity contribution in [2.24, 2.45) is 0 Å². The topological polar surface area (TPSA) is 49.5 Å². The van der Waals surface area contributed by atoms with Crippen LogP contribution in [0.25, 0.3) is 0 Å². The van der Waals surface area contributed by atoms with Crippen LogP contribution in [0, 0.1) is 6.92 Å². The average Bonchev–Trinajstić information content (AvgIpc) is 2.88. The number of aliphatic hydroxyl groups is 1. The molecule has 0 saturated heterocycles. The van der Waals surface area contributed by atoms with Gasteiger partial charge in [0.2, 0.25) is 0 Å². The third-order valence-corrected chi connectivity index (χ3v) is 8.51. The summed E-state index contributed by atoms with van der Waals surface area (Å²) in [7, 11) is 2.14. The molecule has 1 aliphatic rings. The standard InChI is InChI=1S/C33H44N2O/c1-5-35(4)23-26-11-8-10-25(21-26)13-16-32(36)28-14-15-29(31(34)22-28)27-17-19-33(3,20-18-27)30-12-7-6-9-24(30)2/h6-12,14-15,21-22,27,32,36H,5,13,16-20,23,34H2,1-4H3. The zero-order valence-corrected chi connectivity index (χ0v) is 22.6. The quantitative estimate of drug-likeness (QED) is 0.313. The first-order valence-electron chi connectivity index (χ1n) is 13.7. The van der Waals surface area contributed by atoms with Crippen LogP contribution in [0.4, 0.5) is 5.69 Å². The fourth-order valence-corrected chi connectivity index (χ4v) is 6.03. The van der Waals surface area contributed by atoms with E-state index in [-0.39, 0.29) is 5.41 Å². The first-order valence-corrected chi connectivity index (χ1v) is 13.7. The van der Waals surface area contributed by atoms with Crippen molar-refractivity contribution in [1.29, 1.82) is 0 Å². The Bertz CT molecular complexity index is 1150. The van der Waals surface area contributed by atoms with Crippen molar-refractivity contribution in [2.45, 2.75) is 83.3 Å². The zero-order chi connectivity index (χ0) is 25.7. The second-order valence-electron chi connectivity index (χ2n) is 11.2. The normalized spacial score (nSPS) is 21.0. The van der Waals surface area contributed by atoms with E-state index in [9.17, 15) is 5.11 Å². The second-order valence-corrected chi connectivity index (χ2v) is 11.2. The molecule has 36 heavy (non-hydrogen) atoms. The van der Waals surface area contributed by atoms with Crippen molar-refractivity contribution in [1.82, 2.24) is 4.90 Å². The smallest absolute Gasteiger partial charge is 0.0794 e. The fraction of sp³-hybridized carbons (Fsp3) is 0.455. The van der Waals surface area contributed by atoms with Gasteiger partial charge in [-0.25, -0.2) is 0 Å². The van der Waals surface area contributed by atoms with Gasteiger partial charge in [0, 0.05) is 12.2 Å². The third-order valence-electron chi connectivity index (χ3n) is 8.51. The molecule has 1 saturated carbocycles. The lowest BCUT2D eigenvalue weighted by atomic mass is 9.65. The zero-order valence-electron chi connectivity index (χ0n) is 22.6. The van der Waals surface area contributed by atoms with Gasteiger partial charge in [-0.2, -0.15) is 0 Å². The Morgan fingerprint density at radius 2 is 1.72 bits per heavy atom. The molecule has 0 spiro atoms. The van der Waals surface area contributed by atoms with Crippen molar-refractivity contribution in [2.75, 3.05) is 19.3 Å². The molecule has 1 fully saturated rings. The number of aryl methyl sites for hydroxylation is 2. The maximum Gasteiger partial charge on any atom is 0.0794 e. The van der Waals surface area contributed by atoms with Gasteiger partial charge in [0.15, 0.2) is 0 Å². The predicted molar refractivity (Wildman–Crippen MR) is 152 cm³/mol. The van der Waals surface area contributed by atoms with E-state index in [1.165, 1.54) is 40.7 Å². The lowest BCUT2D eigenvalue weighted by Crippen LogP contribution is -2.29. The van der Waals surface area contributed by atoms with Gasteiger partial charge in [-0.1, -0.05) is 74.5 Å². The molecule has 0 radical (unpaired) electrons. The van der Waals surface area contributed by atoms with Gasteiger partial charge in [0.25, 0.3) is 0 Å². The van der Waals surface area contributed by atoms with Gasteiger partial charge < -0.3 is 15.7 Å². The van der Waals surface area contributed by atoms with E-state index >= 15 is 0 Å². The number of nitrogen functional groups attached to an aromatic ring is 1. The number of hydrogen-bond donors (Lipinski definition) is 2. The first kappa shape index (κ1) is 26.4. The molecular weight excluding hydrogens is 440 g/mol. The molecule has 3 aromatic carbocycles. The third kappa shape index (κ3) is 6.19. The Labute approximate surface area is 218 Å². The molecule has 0 heterocycles. The number of rotatable bonds is 9. The molecule has 1 atom stereocenters. The van der Waals surface area contributed by atoms with Crippen molar-refractivity contribution >= 4 is 5.69 Å². The molecule has 3 aromatic rings. The Hall–Kier alpha value is -2.62. The predicted octanol–water partition coefficient (Wildman–Crippen LogP) is 7.31. The lowest BCUT2D eigenvalue weighted by molar-refractivity contribution is 0.168. The molecule has 0 bridgehead atoms. The summed E-state index contributed by atoms with van der Waals surface area (Å²) >= 11 is 0. The van der Waals surface area contributed by atoms with Gasteiger partial charge in [-0.3, -0.25) is 0 Å². The van der Waals surface area contributed by atoms with Crippen LogP contribution in [0.1, 0.15) is 91.4 Å². The molecule has 0 aromatic heterocycles. The Morgan fingerprint density at radius 3 is 2.42 bits per heavy atom. The minimum absolute atomic E-state index is 0.246. The van der Waals surface area contributed by atoms with Crippen LogP contribution in [0.3, 0.4) is 0 Å². The molecule has 1 unspecified atom stereocenters. The number of benzene rings is 3. The number of anilines is 1. The summed E-state index contributed by atoms with van der Waals surface area (Å²) in [6, 6.07) is 23.9. The van der Waals surface area contributed by atoms with Gasteiger partial charge in [0.1, 0.15) is 0 Å². The van der Waals surface area contributed by atoms with Gasteiger partial charge in [0.05, 0.1) is 6.10 Å². The summed E-state index contributed by atoms with van der Waals surface area (Å²) in [5.74, 6) is 0.497. The van der Waals surface area contributed by atoms with Gasteiger partial charge in [-0.05, 0) is 110 Å². The highest BCUT2D eigenvalue weighted by Crippen LogP contribution is 2.46. The van der Waals surface area contributed by atoms with Crippen LogP contribution in [0.15, 0.2) is 66.7 Å². The van der Waals surface area contributed by atoms with Crippen LogP contribution >= 0.6 is 0 Å². The summed E-state index contributed by atoms with van der Waals surface area (Å²) in [6.45, 7) is 8.82. The maximum absolute atomic E-state index is 10.9. The number of aliphatic hydroxyl groups excluding tert-OH is 1. The summed E-state index contributed by atoms with van der Waals surface area (Å²) in [4.78, 5) is 2.30. The highest BCUT2D eigenvalue weighted by molar-refractivity contribution is 5.52. The van der Waals surface area contributed by atoms with Crippen LogP contribution < -0.4 is 5.73 Å². The molecular formula is C33H44N2O. The second kappa shape index (κ2) is 11.6. The van der Waals surface area contributed by atoms with E-state index < -0.39 is 6.10 Å². The van der Waals surface area contributed by atoms with E-state index in [4.69, 9.17) is 5.73 Å². The monoisotopic (exact) mass is 484 g/mol. The summed E-state index contributed by atoms with van der Waals surface area (Å²) in [5.41, 5.74) is 15.3. The van der Waals surface area contributed by atoms with Crippen LogP contribution in [0.2, 0.25) is 0 Å². The summed E-state index contributed by atoms with van der Waals surface area (Å²) in [5, 5.41) is 10.9. The molecule has 4 rings (SSSR count). The fourth-order valence-electron chi connectivity index (χ4n) is 6.03. The summed E-state index contributed by atoms with van der Waals surface area (Å²) in [6.07, 6.45) is 5.72. The molecule has 1 aliphatic carbocycles. The Morgan fingerprint density at radius 1 is 1.00 bits per heavy atom. The largest absolute Gasteiger partial charge is 0.398 e. The van der Waals surface area contributed by atoms with Crippen molar-refractivity contribution in [3.05, 3.63) is 100 Å². The highest BCUT2D eigenvalue weighted by atomic mass is 16.3. The number of hydrogen-bond acceptors (Lipinski definition) is 3. The van der Waals surface area contributed by atoms with Crippen LogP contribution in [-0.4, -0.2) is 23.6 Å². The van der Waals surface area contributed by atoms with Crippen molar-refractivity contribution < 1.29 is 5.11 Å². The molecule has 192 valence electrons. The highest BCUT2D eigenvalue weighted by Gasteiger charge is 2.34. The Kier molecular flexibility index (Phi) is 8.54. The molecule has 3 heteroatoms. The number of nitrogens with two attached hydrogens (primary N) is 1.